The maximum absolute atomic E-state index is 13.1. The van der Waals surface area contributed by atoms with Gasteiger partial charge in [-0.2, -0.15) is 0 Å². The molecule has 1 amide bonds. The largest absolute Gasteiger partial charge is 0.493 e. The van der Waals surface area contributed by atoms with Gasteiger partial charge >= 0.3 is 0 Å². The van der Waals surface area contributed by atoms with E-state index in [0.29, 0.717) is 17.1 Å². The molecule has 0 saturated carbocycles. The van der Waals surface area contributed by atoms with Crippen LogP contribution in [0.15, 0.2) is 78.9 Å². The summed E-state index contributed by atoms with van der Waals surface area (Å²) in [5, 5.41) is 0. The van der Waals surface area contributed by atoms with E-state index in [0.717, 1.165) is 26.2 Å². The van der Waals surface area contributed by atoms with Crippen molar-refractivity contribution in [2.24, 2.45) is 0 Å². The summed E-state index contributed by atoms with van der Waals surface area (Å²) in [5.74, 6) is 1.24. The van der Waals surface area contributed by atoms with E-state index in [4.69, 9.17) is 9.47 Å². The van der Waals surface area contributed by atoms with Gasteiger partial charge in [0.25, 0.3) is 5.91 Å². The number of benzene rings is 3. The first-order valence-corrected chi connectivity index (χ1v) is 10.7. The van der Waals surface area contributed by atoms with Gasteiger partial charge in [0.1, 0.15) is 6.04 Å². The van der Waals surface area contributed by atoms with Gasteiger partial charge in [0, 0.05) is 16.7 Å². The fourth-order valence-electron chi connectivity index (χ4n) is 4.39. The Labute approximate surface area is 183 Å². The van der Waals surface area contributed by atoms with Gasteiger partial charge in [-0.3, -0.25) is 4.79 Å². The van der Waals surface area contributed by atoms with Crippen LogP contribution in [0.4, 0.5) is 0 Å². The zero-order valence-electron chi connectivity index (χ0n) is 18.1. The molecule has 1 fully saturated rings. The van der Waals surface area contributed by atoms with Crippen LogP contribution in [0, 0.1) is 0 Å². The predicted molar refractivity (Wildman–Crippen MR) is 121 cm³/mol. The third-order valence-electron chi connectivity index (χ3n) is 6.00. The molecule has 3 aromatic rings. The molecule has 1 aliphatic rings. The summed E-state index contributed by atoms with van der Waals surface area (Å²) >= 11 is 0. The molecule has 5 nitrogen and oxygen atoms in total. The Balaban J connectivity index is 1.50. The van der Waals surface area contributed by atoms with Crippen LogP contribution in [-0.2, 0) is 0 Å². The number of quaternary nitrogens is 1. The molecule has 31 heavy (non-hydrogen) atoms. The summed E-state index contributed by atoms with van der Waals surface area (Å²) in [7, 11) is 3.18. The standard InChI is InChI=1S/C26H28N2O3/c1-30-23-14-13-22(19-24(23)31-2)26(29)28-17-15-27(16-18-28)25(20-9-5-3-6-10-20)21-11-7-4-8-12-21/h3-14,19,25H,15-18H2,1-2H3/p+1. The lowest BCUT2D eigenvalue weighted by atomic mass is 9.96. The molecule has 4 rings (SSSR count). The molecule has 0 unspecified atom stereocenters. The average molecular weight is 418 g/mol. The van der Waals surface area contributed by atoms with E-state index in [1.165, 1.54) is 16.0 Å². The van der Waals surface area contributed by atoms with Crippen LogP contribution in [0.25, 0.3) is 0 Å². The first kappa shape index (κ1) is 20.9. The molecule has 1 N–H and O–H groups in total. The maximum atomic E-state index is 13.1. The first-order valence-electron chi connectivity index (χ1n) is 10.7. The maximum Gasteiger partial charge on any atom is 0.254 e. The van der Waals surface area contributed by atoms with Gasteiger partial charge in [-0.1, -0.05) is 60.7 Å². The van der Waals surface area contributed by atoms with Crippen LogP contribution >= 0.6 is 0 Å². The number of methoxy groups -OCH3 is 2. The minimum atomic E-state index is 0.0379. The number of rotatable bonds is 6. The highest BCUT2D eigenvalue weighted by Gasteiger charge is 2.31. The van der Waals surface area contributed by atoms with Crippen molar-refractivity contribution >= 4 is 5.91 Å². The zero-order chi connectivity index (χ0) is 21.6. The minimum Gasteiger partial charge on any atom is -0.493 e. The molecule has 5 heteroatoms. The molecular weight excluding hydrogens is 388 g/mol. The highest BCUT2D eigenvalue weighted by atomic mass is 16.5. The van der Waals surface area contributed by atoms with E-state index in [1.807, 2.05) is 4.90 Å². The number of nitrogens with zero attached hydrogens (tertiary/aromatic N) is 1. The Morgan fingerprint density at radius 1 is 0.806 bits per heavy atom. The van der Waals surface area contributed by atoms with Gasteiger partial charge in [0.05, 0.1) is 40.4 Å². The van der Waals surface area contributed by atoms with Crippen molar-refractivity contribution in [3.8, 4) is 11.5 Å². The van der Waals surface area contributed by atoms with Crippen LogP contribution < -0.4 is 14.4 Å². The summed E-state index contributed by atoms with van der Waals surface area (Å²) < 4.78 is 10.6. The van der Waals surface area contributed by atoms with Crippen molar-refractivity contribution in [3.63, 3.8) is 0 Å². The Morgan fingerprint density at radius 3 is 1.87 bits per heavy atom. The van der Waals surface area contributed by atoms with Crippen molar-refractivity contribution in [2.45, 2.75) is 6.04 Å². The van der Waals surface area contributed by atoms with E-state index in [-0.39, 0.29) is 11.9 Å². The van der Waals surface area contributed by atoms with Crippen molar-refractivity contribution in [3.05, 3.63) is 95.6 Å². The first-order chi connectivity index (χ1) is 15.2. The molecule has 0 atom stereocenters. The lowest BCUT2D eigenvalue weighted by Gasteiger charge is -2.37. The highest BCUT2D eigenvalue weighted by molar-refractivity contribution is 5.95. The number of ether oxygens (including phenoxy) is 2. The van der Waals surface area contributed by atoms with Crippen LogP contribution in [-0.4, -0.2) is 51.2 Å². The van der Waals surface area contributed by atoms with Gasteiger partial charge in [0.2, 0.25) is 0 Å². The molecule has 1 heterocycles. The van der Waals surface area contributed by atoms with E-state index in [1.54, 1.807) is 32.4 Å². The lowest BCUT2D eigenvalue weighted by molar-refractivity contribution is -0.929. The molecule has 1 saturated heterocycles. The van der Waals surface area contributed by atoms with E-state index < -0.39 is 0 Å². The van der Waals surface area contributed by atoms with Crippen molar-refractivity contribution < 1.29 is 19.2 Å². The highest BCUT2D eigenvalue weighted by Crippen LogP contribution is 2.28. The summed E-state index contributed by atoms with van der Waals surface area (Å²) in [6.07, 6.45) is 0. The van der Waals surface area contributed by atoms with Crippen molar-refractivity contribution in [1.82, 2.24) is 4.90 Å². The molecule has 1 aliphatic heterocycles. The third-order valence-corrected chi connectivity index (χ3v) is 6.00. The van der Waals surface area contributed by atoms with E-state index in [2.05, 4.69) is 60.7 Å². The number of carbonyl (C=O) groups excluding carboxylic acids is 1. The smallest absolute Gasteiger partial charge is 0.254 e. The monoisotopic (exact) mass is 417 g/mol. The Morgan fingerprint density at radius 2 is 1.35 bits per heavy atom. The van der Waals surface area contributed by atoms with Gasteiger partial charge in [-0.15, -0.1) is 0 Å². The molecule has 3 aromatic carbocycles. The van der Waals surface area contributed by atoms with Crippen LogP contribution in [0.3, 0.4) is 0 Å². The second kappa shape index (κ2) is 9.67. The second-order valence-corrected chi connectivity index (χ2v) is 7.77. The normalized spacial score (nSPS) is 14.5. The molecule has 0 spiro atoms. The van der Waals surface area contributed by atoms with Crippen LogP contribution in [0.5, 0.6) is 11.5 Å². The lowest BCUT2D eigenvalue weighted by Crippen LogP contribution is -3.15. The summed E-state index contributed by atoms with van der Waals surface area (Å²) in [6.45, 7) is 3.23. The quantitative estimate of drug-likeness (QED) is 0.671. The molecule has 0 bridgehead atoms. The van der Waals surface area contributed by atoms with Gasteiger partial charge < -0.3 is 19.3 Å². The molecule has 160 valence electrons. The van der Waals surface area contributed by atoms with Crippen LogP contribution in [0.1, 0.15) is 27.5 Å². The zero-order valence-corrected chi connectivity index (χ0v) is 18.1. The summed E-state index contributed by atoms with van der Waals surface area (Å²) in [4.78, 5) is 16.5. The van der Waals surface area contributed by atoms with Gasteiger partial charge in [-0.05, 0) is 18.2 Å². The Hall–Kier alpha value is -3.31. The average Bonchev–Trinajstić information content (AvgIpc) is 2.85. The number of amides is 1. The third kappa shape index (κ3) is 4.57. The van der Waals surface area contributed by atoms with E-state index in [9.17, 15) is 4.79 Å². The van der Waals surface area contributed by atoms with E-state index >= 15 is 0 Å². The number of hydrogen-bond donors (Lipinski definition) is 1. The molecule has 0 aliphatic carbocycles. The van der Waals surface area contributed by atoms with Crippen molar-refractivity contribution in [1.29, 1.82) is 0 Å². The Kier molecular flexibility index (Phi) is 6.53. The number of piperazine rings is 1. The van der Waals surface area contributed by atoms with Gasteiger partial charge in [0.15, 0.2) is 11.5 Å². The fraction of sp³-hybridized carbons (Fsp3) is 0.269. The fourth-order valence-corrected chi connectivity index (χ4v) is 4.39. The molecular formula is C26H29N2O3+. The van der Waals surface area contributed by atoms with Gasteiger partial charge in [-0.25, -0.2) is 0 Å². The topological polar surface area (TPSA) is 43.2 Å². The number of nitrogens with one attached hydrogen (secondary N) is 1. The minimum absolute atomic E-state index is 0.0379. The molecule has 0 radical (unpaired) electrons. The summed E-state index contributed by atoms with van der Waals surface area (Å²) in [6, 6.07) is 26.9. The van der Waals surface area contributed by atoms with Crippen LogP contribution in [0.2, 0.25) is 0 Å². The molecule has 0 aromatic heterocycles. The van der Waals surface area contributed by atoms with Crippen molar-refractivity contribution in [2.75, 3.05) is 40.4 Å². The number of hydrogen-bond acceptors (Lipinski definition) is 3. The second-order valence-electron chi connectivity index (χ2n) is 7.77. The SMILES string of the molecule is COc1ccc(C(=O)N2CC[NH+](C(c3ccccc3)c3ccccc3)CC2)cc1OC. The number of carbonyl (C=O) groups is 1. The Bertz CT molecular complexity index is 960. The summed E-state index contributed by atoms with van der Waals surface area (Å²) in [5.41, 5.74) is 3.25. The predicted octanol–water partition coefficient (Wildman–Crippen LogP) is 2.83.